The van der Waals surface area contributed by atoms with Crippen molar-refractivity contribution in [1.82, 2.24) is 10.5 Å². The van der Waals surface area contributed by atoms with Crippen LogP contribution in [0.25, 0.3) is 0 Å². The molecule has 0 aromatic heterocycles. The molecule has 0 unspecified atom stereocenters. The molecule has 0 bridgehead atoms. The lowest BCUT2D eigenvalue weighted by molar-refractivity contribution is -0.694. The van der Waals surface area contributed by atoms with Gasteiger partial charge in [-0.1, -0.05) is 0 Å². The monoisotopic (exact) mass is 128 g/mol. The van der Waals surface area contributed by atoms with E-state index in [9.17, 15) is 5.21 Å². The van der Waals surface area contributed by atoms with Crippen molar-refractivity contribution in [1.29, 1.82) is 0 Å². The minimum atomic E-state index is -0.0564. The number of nitrogens with zero attached hydrogens (tertiary/aromatic N) is 3. The summed E-state index contributed by atoms with van der Waals surface area (Å²) in [5, 5.41) is 11.6. The SMILES string of the molecule is [N]=[N+]([O-])N1CCCCC1. The fraction of sp³-hybridized carbons (Fsp3) is 1.00. The lowest BCUT2D eigenvalue weighted by Crippen LogP contribution is -2.35. The Morgan fingerprint density at radius 1 is 1.22 bits per heavy atom. The van der Waals surface area contributed by atoms with Crippen molar-refractivity contribution >= 4 is 0 Å². The summed E-state index contributed by atoms with van der Waals surface area (Å²) >= 11 is 0. The van der Waals surface area contributed by atoms with Crippen molar-refractivity contribution in [3.8, 4) is 0 Å². The Morgan fingerprint density at radius 3 is 2.11 bits per heavy atom. The molecule has 9 heavy (non-hydrogen) atoms. The van der Waals surface area contributed by atoms with Gasteiger partial charge in [0.2, 0.25) is 5.53 Å². The molecular weight excluding hydrogens is 118 g/mol. The van der Waals surface area contributed by atoms with E-state index in [1.54, 1.807) is 0 Å². The fourth-order valence-corrected chi connectivity index (χ4v) is 1.05. The van der Waals surface area contributed by atoms with Crippen LogP contribution in [-0.2, 0) is 0 Å². The quantitative estimate of drug-likeness (QED) is 0.287. The molecule has 4 nitrogen and oxygen atoms in total. The summed E-state index contributed by atoms with van der Waals surface area (Å²) in [6, 6.07) is 0. The summed E-state index contributed by atoms with van der Waals surface area (Å²) in [6.45, 7) is 1.39. The molecule has 1 aliphatic rings. The molecule has 1 heterocycles. The zero-order valence-electron chi connectivity index (χ0n) is 5.29. The van der Waals surface area contributed by atoms with E-state index in [0.717, 1.165) is 12.8 Å². The topological polar surface area (TPSA) is 51.6 Å². The van der Waals surface area contributed by atoms with Gasteiger partial charge in [-0.05, 0) is 19.3 Å². The molecule has 51 valence electrons. The zero-order chi connectivity index (χ0) is 6.69. The molecule has 1 radical (unpaired) electrons. The van der Waals surface area contributed by atoms with Gasteiger partial charge in [0.25, 0.3) is 0 Å². The van der Waals surface area contributed by atoms with Gasteiger partial charge in [-0.25, -0.2) is 0 Å². The molecule has 0 atom stereocenters. The normalized spacial score (nSPS) is 19.8. The van der Waals surface area contributed by atoms with Gasteiger partial charge in [-0.3, -0.25) is 0 Å². The lowest BCUT2D eigenvalue weighted by Gasteiger charge is -2.20. The molecule has 0 amide bonds. The Kier molecular flexibility index (Phi) is 1.87. The Morgan fingerprint density at radius 2 is 1.78 bits per heavy atom. The molecule has 0 saturated carbocycles. The molecule has 0 aromatic carbocycles. The highest BCUT2D eigenvalue weighted by Crippen LogP contribution is 2.06. The minimum absolute atomic E-state index is 0.0564. The van der Waals surface area contributed by atoms with Gasteiger partial charge in [0.1, 0.15) is 0 Å². The van der Waals surface area contributed by atoms with Crippen LogP contribution in [0.2, 0.25) is 0 Å². The van der Waals surface area contributed by atoms with Crippen LogP contribution < -0.4 is 5.53 Å². The molecule has 1 aliphatic heterocycles. The van der Waals surface area contributed by atoms with Gasteiger partial charge in [-0.2, -0.15) is 0 Å². The Balaban J connectivity index is 2.31. The molecule has 0 aliphatic carbocycles. The van der Waals surface area contributed by atoms with Gasteiger partial charge in [0.15, 0.2) is 0 Å². The molecule has 1 fully saturated rings. The predicted molar refractivity (Wildman–Crippen MR) is 31.2 cm³/mol. The van der Waals surface area contributed by atoms with Crippen LogP contribution in [0.15, 0.2) is 0 Å². The first-order valence-corrected chi connectivity index (χ1v) is 3.22. The number of hydrogen-bond donors (Lipinski definition) is 0. The van der Waals surface area contributed by atoms with Crippen molar-refractivity contribution in [3.63, 3.8) is 0 Å². The van der Waals surface area contributed by atoms with E-state index in [4.69, 9.17) is 5.53 Å². The number of piperidine rings is 1. The molecule has 0 spiro atoms. The van der Waals surface area contributed by atoms with Crippen LogP contribution in [0.5, 0.6) is 0 Å². The lowest BCUT2D eigenvalue weighted by atomic mass is 10.2. The first kappa shape index (κ1) is 6.32. The Labute approximate surface area is 54.1 Å². The predicted octanol–water partition coefficient (Wildman–Crippen LogP) is 0.150. The highest BCUT2D eigenvalue weighted by atomic mass is 16.5. The van der Waals surface area contributed by atoms with Crippen LogP contribution in [-0.4, -0.2) is 23.1 Å². The largest absolute Gasteiger partial charge is 0.570 e. The van der Waals surface area contributed by atoms with Crippen LogP contribution >= 0.6 is 0 Å². The van der Waals surface area contributed by atoms with Crippen LogP contribution in [0, 0.1) is 5.21 Å². The van der Waals surface area contributed by atoms with E-state index in [1.165, 1.54) is 11.4 Å². The fourth-order valence-electron chi connectivity index (χ4n) is 1.05. The second kappa shape index (κ2) is 2.66. The van der Waals surface area contributed by atoms with Crippen molar-refractivity contribution in [3.05, 3.63) is 5.21 Å². The summed E-state index contributed by atoms with van der Waals surface area (Å²) < 4.78 is 0. The second-order valence-corrected chi connectivity index (χ2v) is 2.27. The van der Waals surface area contributed by atoms with Crippen LogP contribution in [0.1, 0.15) is 19.3 Å². The second-order valence-electron chi connectivity index (χ2n) is 2.27. The molecule has 4 heteroatoms. The van der Waals surface area contributed by atoms with Gasteiger partial charge < -0.3 is 5.21 Å². The maximum absolute atomic E-state index is 10.2. The van der Waals surface area contributed by atoms with E-state index in [1.807, 2.05) is 0 Å². The van der Waals surface area contributed by atoms with E-state index in [-0.39, 0.29) is 4.97 Å². The highest BCUT2D eigenvalue weighted by Gasteiger charge is 2.14. The third kappa shape index (κ3) is 1.55. The van der Waals surface area contributed by atoms with Crippen molar-refractivity contribution in [2.75, 3.05) is 13.1 Å². The van der Waals surface area contributed by atoms with Gasteiger partial charge >= 0.3 is 0 Å². The van der Waals surface area contributed by atoms with Crippen LogP contribution in [0.3, 0.4) is 0 Å². The van der Waals surface area contributed by atoms with Gasteiger partial charge in [-0.15, -0.1) is 5.01 Å². The molecule has 0 aromatic rings. The number of hydrazine groups is 1. The van der Waals surface area contributed by atoms with Gasteiger partial charge in [0, 0.05) is 0 Å². The maximum atomic E-state index is 10.2. The Bertz CT molecular complexity index is 109. The smallest absolute Gasteiger partial charge is 0.219 e. The summed E-state index contributed by atoms with van der Waals surface area (Å²) in [7, 11) is 0. The molecule has 1 saturated heterocycles. The molecule has 1 rings (SSSR count). The van der Waals surface area contributed by atoms with Gasteiger partial charge in [0.05, 0.1) is 18.1 Å². The minimum Gasteiger partial charge on any atom is -0.570 e. The Hall–Kier alpha value is -0.800. The molecular formula is C5H10N3O. The van der Waals surface area contributed by atoms with Crippen molar-refractivity contribution in [2.24, 2.45) is 0 Å². The van der Waals surface area contributed by atoms with Crippen LogP contribution in [0.4, 0.5) is 0 Å². The average molecular weight is 128 g/mol. The highest BCUT2D eigenvalue weighted by molar-refractivity contribution is 4.54. The summed E-state index contributed by atoms with van der Waals surface area (Å²) in [6.07, 6.45) is 3.20. The zero-order valence-corrected chi connectivity index (χ0v) is 5.29. The number of hydrogen-bond acceptors (Lipinski definition) is 1. The summed E-state index contributed by atoms with van der Waals surface area (Å²) in [5.41, 5.74) is 8.38. The maximum Gasteiger partial charge on any atom is 0.219 e. The molecule has 0 N–H and O–H groups in total. The first-order chi connectivity index (χ1) is 4.30. The third-order valence-electron chi connectivity index (χ3n) is 1.57. The van der Waals surface area contributed by atoms with E-state index < -0.39 is 0 Å². The average Bonchev–Trinajstić information content (AvgIpc) is 1.90. The van der Waals surface area contributed by atoms with E-state index in [2.05, 4.69) is 0 Å². The van der Waals surface area contributed by atoms with E-state index >= 15 is 0 Å². The third-order valence-corrected chi connectivity index (χ3v) is 1.57. The standard InChI is InChI=1S/C5H10N3O/c6-8(9)7-4-2-1-3-5-7/h1-5H2. The first-order valence-electron chi connectivity index (χ1n) is 3.22. The van der Waals surface area contributed by atoms with E-state index in [0.29, 0.717) is 13.1 Å². The van der Waals surface area contributed by atoms with Crippen molar-refractivity contribution in [2.45, 2.75) is 19.3 Å². The summed E-state index contributed by atoms with van der Waals surface area (Å²) in [4.78, 5) is -0.0564. The van der Waals surface area contributed by atoms with Crippen molar-refractivity contribution < 1.29 is 4.97 Å². The summed E-state index contributed by atoms with van der Waals surface area (Å²) in [5.74, 6) is 0. The number of rotatable bonds is 1.